The van der Waals surface area contributed by atoms with E-state index < -0.39 is 0 Å². The summed E-state index contributed by atoms with van der Waals surface area (Å²) in [7, 11) is 0. The zero-order valence-electron chi connectivity index (χ0n) is 26.2. The van der Waals surface area contributed by atoms with E-state index in [0.717, 1.165) is 16.8 Å². The fourth-order valence-corrected chi connectivity index (χ4v) is 5.56. The molecule has 5 heteroatoms. The van der Waals surface area contributed by atoms with Crippen LogP contribution in [0.25, 0.3) is 43.0 Å². The van der Waals surface area contributed by atoms with Crippen molar-refractivity contribution >= 4 is 27.3 Å². The van der Waals surface area contributed by atoms with Crippen molar-refractivity contribution in [2.75, 3.05) is 0 Å². The molecular formula is C38H40IrNO2S-. The summed E-state index contributed by atoms with van der Waals surface area (Å²) >= 11 is 1.82. The van der Waals surface area contributed by atoms with Crippen LogP contribution >= 0.6 is 11.3 Å². The summed E-state index contributed by atoms with van der Waals surface area (Å²) in [5, 5.41) is 8.36. The molecule has 0 aliphatic carbocycles. The van der Waals surface area contributed by atoms with Crippen LogP contribution in [0.4, 0.5) is 0 Å². The van der Waals surface area contributed by atoms with Crippen LogP contribution in [0.1, 0.15) is 66.5 Å². The number of allylic oxidation sites excluding steroid dienone is 2. The molecule has 2 aromatic heterocycles. The number of hydrogen-bond donors (Lipinski definition) is 1. The average Bonchev–Trinajstić information content (AvgIpc) is 3.36. The number of hydrogen-bond acceptors (Lipinski definition) is 4. The number of carbonyl (C=O) groups excluding carboxylic acids is 1. The Morgan fingerprint density at radius 2 is 1.42 bits per heavy atom. The second-order valence-corrected chi connectivity index (χ2v) is 13.8. The molecule has 0 unspecified atom stereocenters. The smallest absolute Gasteiger partial charge is 0.155 e. The number of aliphatic hydroxyl groups excluding tert-OH is 1. The van der Waals surface area contributed by atoms with Crippen LogP contribution in [0.15, 0.2) is 96.8 Å². The molecule has 5 aromatic rings. The first-order chi connectivity index (χ1) is 19.7. The maximum Gasteiger partial charge on any atom is 0.155 e. The van der Waals surface area contributed by atoms with Crippen LogP contribution in [-0.4, -0.2) is 15.9 Å². The number of ketones is 1. The first-order valence-electron chi connectivity index (χ1n) is 14.2. The van der Waals surface area contributed by atoms with E-state index in [1.165, 1.54) is 57.3 Å². The third-order valence-corrected chi connectivity index (χ3v) is 8.06. The molecular weight excluding hydrogens is 727 g/mol. The normalized spacial score (nSPS) is 11.9. The Kier molecular flexibility index (Phi) is 11.1. The molecule has 0 amide bonds. The van der Waals surface area contributed by atoms with Crippen molar-refractivity contribution in [2.24, 2.45) is 0 Å². The molecule has 5 rings (SSSR count). The maximum atomic E-state index is 10.0. The number of benzene rings is 3. The number of thiophene rings is 1. The number of nitrogens with zero attached hydrogens (tertiary/aromatic N) is 1. The van der Waals surface area contributed by atoms with Crippen LogP contribution < -0.4 is 0 Å². The molecule has 0 bridgehead atoms. The fraction of sp³-hybridized carbons (Fsp3) is 0.263. The van der Waals surface area contributed by atoms with Gasteiger partial charge < -0.3 is 5.11 Å². The zero-order chi connectivity index (χ0) is 30.7. The first kappa shape index (κ1) is 34.1. The van der Waals surface area contributed by atoms with E-state index in [-0.39, 0.29) is 42.5 Å². The first-order valence-corrected chi connectivity index (χ1v) is 15.0. The monoisotopic (exact) mass is 767 g/mol. The van der Waals surface area contributed by atoms with Gasteiger partial charge in [-0.2, -0.15) is 0 Å². The third kappa shape index (κ3) is 9.06. The third-order valence-electron chi connectivity index (χ3n) is 6.92. The SMILES string of the molecule is CC(=O)/C=C(/C)O.CC(C)(C)c1cc(-c2cc3nc(-c4[c-]ccc(-c5ccccc5)c4)ccc3s2)cc(C(C)(C)C)c1.[Ir]. The Bertz CT molecular complexity index is 1700. The van der Waals surface area contributed by atoms with Crippen molar-refractivity contribution in [3.63, 3.8) is 0 Å². The molecule has 2 heterocycles. The van der Waals surface area contributed by atoms with Crippen molar-refractivity contribution in [1.82, 2.24) is 4.98 Å². The number of pyridine rings is 1. The van der Waals surface area contributed by atoms with E-state index in [1.807, 2.05) is 23.5 Å². The molecule has 3 nitrogen and oxygen atoms in total. The van der Waals surface area contributed by atoms with Gasteiger partial charge in [0.1, 0.15) is 0 Å². The summed E-state index contributed by atoms with van der Waals surface area (Å²) in [4.78, 5) is 16.3. The zero-order valence-corrected chi connectivity index (χ0v) is 29.4. The summed E-state index contributed by atoms with van der Waals surface area (Å²) < 4.78 is 1.21. The summed E-state index contributed by atoms with van der Waals surface area (Å²) in [5.74, 6) is -0.0625. The minimum Gasteiger partial charge on any atom is -0.512 e. The molecule has 0 atom stereocenters. The van der Waals surface area contributed by atoms with Gasteiger partial charge in [-0.25, -0.2) is 0 Å². The number of fused-ring (bicyclic) bond motifs is 1. The van der Waals surface area contributed by atoms with Crippen LogP contribution in [0.2, 0.25) is 0 Å². The van der Waals surface area contributed by atoms with Gasteiger partial charge in [0.05, 0.1) is 16.0 Å². The predicted molar refractivity (Wildman–Crippen MR) is 179 cm³/mol. The summed E-state index contributed by atoms with van der Waals surface area (Å²) in [6, 6.07) is 33.8. The van der Waals surface area contributed by atoms with Crippen molar-refractivity contribution < 1.29 is 30.0 Å². The molecule has 1 N–H and O–H groups in total. The minimum atomic E-state index is -0.125. The van der Waals surface area contributed by atoms with Crippen molar-refractivity contribution in [3.05, 3.63) is 114 Å². The predicted octanol–water partition coefficient (Wildman–Crippen LogP) is 10.7. The Morgan fingerprint density at radius 1 is 0.791 bits per heavy atom. The summed E-state index contributed by atoms with van der Waals surface area (Å²) in [6.07, 6.45) is 1.17. The van der Waals surface area contributed by atoms with E-state index in [0.29, 0.717) is 0 Å². The van der Waals surface area contributed by atoms with Gasteiger partial charge in [0.2, 0.25) is 0 Å². The number of carbonyl (C=O) groups is 1. The standard InChI is InChI=1S/C33H32NS.C5H8O2.Ir/c1-32(2,3)26-18-25(19-27(20-26)33(4,5)6)31-21-29-30(35-31)16-15-28(34-29)24-14-10-13-23(17-24)22-11-8-7-9-12-22;1-4(6)3-5(2)7;/h7-13,15-21H,1-6H3;3,6H,1-2H3;/q-1;;/b;4-3-;. The van der Waals surface area contributed by atoms with Gasteiger partial charge in [0.15, 0.2) is 5.78 Å². The topological polar surface area (TPSA) is 50.2 Å². The number of aliphatic hydroxyl groups is 1. The molecule has 0 saturated heterocycles. The van der Waals surface area contributed by atoms with Gasteiger partial charge in [0, 0.05) is 31.1 Å². The fourth-order valence-electron chi connectivity index (χ4n) is 4.57. The molecule has 1 radical (unpaired) electrons. The molecule has 0 fully saturated rings. The maximum absolute atomic E-state index is 10.0. The molecule has 0 aliphatic rings. The summed E-state index contributed by atoms with van der Waals surface area (Å²) in [5.41, 5.74) is 9.62. The largest absolute Gasteiger partial charge is 0.512 e. The second-order valence-electron chi connectivity index (χ2n) is 12.7. The van der Waals surface area contributed by atoms with E-state index in [4.69, 9.17) is 10.1 Å². The van der Waals surface area contributed by atoms with Crippen molar-refractivity contribution in [1.29, 1.82) is 0 Å². The summed E-state index contributed by atoms with van der Waals surface area (Å²) in [6.45, 7) is 16.6. The number of rotatable bonds is 4. The van der Waals surface area contributed by atoms with Gasteiger partial charge in [-0.3, -0.25) is 9.78 Å². The van der Waals surface area contributed by atoms with Crippen LogP contribution in [-0.2, 0) is 35.7 Å². The molecule has 225 valence electrons. The van der Waals surface area contributed by atoms with Crippen LogP contribution in [0, 0.1) is 6.07 Å². The van der Waals surface area contributed by atoms with Gasteiger partial charge >= 0.3 is 0 Å². The molecule has 0 spiro atoms. The Morgan fingerprint density at radius 3 is 1.95 bits per heavy atom. The Hall–Kier alpha value is -3.37. The Balaban J connectivity index is 0.000000567. The van der Waals surface area contributed by atoms with Gasteiger partial charge in [0.25, 0.3) is 0 Å². The van der Waals surface area contributed by atoms with Gasteiger partial charge in [-0.05, 0) is 76.9 Å². The second kappa shape index (κ2) is 13.9. The van der Waals surface area contributed by atoms with Gasteiger partial charge in [-0.1, -0.05) is 84.0 Å². The van der Waals surface area contributed by atoms with E-state index in [2.05, 4.69) is 120 Å². The number of aromatic nitrogens is 1. The van der Waals surface area contributed by atoms with Crippen molar-refractivity contribution in [2.45, 2.75) is 66.2 Å². The molecule has 43 heavy (non-hydrogen) atoms. The van der Waals surface area contributed by atoms with E-state index in [9.17, 15) is 4.79 Å². The molecule has 0 saturated carbocycles. The van der Waals surface area contributed by atoms with E-state index in [1.54, 1.807) is 0 Å². The molecule has 3 aromatic carbocycles. The minimum absolute atomic E-state index is 0. The quantitative estimate of drug-likeness (QED) is 0.113. The average molecular weight is 767 g/mol. The van der Waals surface area contributed by atoms with Crippen LogP contribution in [0.3, 0.4) is 0 Å². The van der Waals surface area contributed by atoms with E-state index >= 15 is 0 Å². The molecule has 0 aliphatic heterocycles. The Labute approximate surface area is 274 Å². The van der Waals surface area contributed by atoms with Gasteiger partial charge in [-0.15, -0.1) is 46.7 Å². The van der Waals surface area contributed by atoms with Crippen LogP contribution in [0.5, 0.6) is 0 Å². The van der Waals surface area contributed by atoms with Crippen molar-refractivity contribution in [3.8, 4) is 32.8 Å².